The first kappa shape index (κ1) is 23.9. The van der Waals surface area contributed by atoms with Crippen molar-refractivity contribution in [1.29, 1.82) is 0 Å². The molecule has 1 aliphatic rings. The molecule has 9 nitrogen and oxygen atoms in total. The van der Waals surface area contributed by atoms with E-state index in [1.807, 2.05) is 0 Å². The number of hydrogen-bond donors (Lipinski definition) is 1. The molecule has 0 spiro atoms. The monoisotopic (exact) mass is 510 g/mol. The molecule has 2 amide bonds. The number of oxazole rings is 1. The molecule has 0 saturated carbocycles. The third-order valence-corrected chi connectivity index (χ3v) is 5.43. The highest BCUT2D eigenvalue weighted by Crippen LogP contribution is 2.37. The van der Waals surface area contributed by atoms with E-state index in [4.69, 9.17) is 8.83 Å². The second kappa shape index (κ2) is 9.30. The lowest BCUT2D eigenvalue weighted by atomic mass is 10.0. The van der Waals surface area contributed by atoms with Crippen molar-refractivity contribution in [3.05, 3.63) is 73.3 Å². The van der Waals surface area contributed by atoms with Crippen LogP contribution in [0.3, 0.4) is 0 Å². The fraction of sp³-hybridized carbons (Fsp3) is 0.120. The summed E-state index contributed by atoms with van der Waals surface area (Å²) in [6, 6.07) is 13.9. The van der Waals surface area contributed by atoms with E-state index in [-0.39, 0.29) is 22.9 Å². The maximum absolute atomic E-state index is 13.2. The Bertz CT molecular complexity index is 1480. The molecular formula is C25H17F3N4O5. The number of hydrogen-bond acceptors (Lipinski definition) is 7. The van der Waals surface area contributed by atoms with Crippen LogP contribution in [-0.4, -0.2) is 28.9 Å². The second-order valence-electron chi connectivity index (χ2n) is 7.94. The Morgan fingerprint density at radius 2 is 1.92 bits per heavy atom. The van der Waals surface area contributed by atoms with Gasteiger partial charge in [0, 0.05) is 11.3 Å². The molecule has 2 aromatic heterocycles. The van der Waals surface area contributed by atoms with Crippen LogP contribution in [0.25, 0.3) is 22.8 Å². The predicted octanol–water partition coefficient (Wildman–Crippen LogP) is 5.48. The van der Waals surface area contributed by atoms with Crippen LogP contribution in [0, 0.1) is 5.92 Å². The lowest BCUT2D eigenvalue weighted by molar-refractivity contribution is -0.274. The van der Waals surface area contributed by atoms with Crippen LogP contribution in [0.2, 0.25) is 0 Å². The molecule has 0 aliphatic carbocycles. The topological polar surface area (TPSA) is 110 Å². The molecule has 0 saturated heterocycles. The van der Waals surface area contributed by atoms with E-state index in [9.17, 15) is 22.8 Å². The van der Waals surface area contributed by atoms with Crippen molar-refractivity contribution in [2.75, 3.05) is 10.3 Å². The van der Waals surface area contributed by atoms with Crippen molar-refractivity contribution in [2.24, 2.45) is 11.0 Å². The highest BCUT2D eigenvalue weighted by Gasteiger charge is 2.40. The van der Waals surface area contributed by atoms with Crippen LogP contribution >= 0.6 is 0 Å². The molecule has 0 radical (unpaired) electrons. The van der Waals surface area contributed by atoms with E-state index >= 15 is 0 Å². The molecule has 37 heavy (non-hydrogen) atoms. The minimum absolute atomic E-state index is 0.0993. The van der Waals surface area contributed by atoms with Crippen LogP contribution in [0.15, 0.2) is 87.3 Å². The second-order valence-corrected chi connectivity index (χ2v) is 7.94. The van der Waals surface area contributed by atoms with Gasteiger partial charge in [0.25, 0.3) is 5.91 Å². The average Bonchev–Trinajstić information content (AvgIpc) is 3.61. The van der Waals surface area contributed by atoms with Crippen LogP contribution in [0.1, 0.15) is 6.92 Å². The number of amides is 2. The quantitative estimate of drug-likeness (QED) is 0.344. The first-order valence-corrected chi connectivity index (χ1v) is 10.8. The van der Waals surface area contributed by atoms with E-state index < -0.39 is 29.8 Å². The number of carbonyl (C=O) groups excluding carboxylic acids is 2. The largest absolute Gasteiger partial charge is 0.573 e. The third kappa shape index (κ3) is 4.94. The van der Waals surface area contributed by atoms with Gasteiger partial charge in [0.05, 0.1) is 29.4 Å². The Hall–Kier alpha value is -4.87. The SMILES string of the molecule is CC1=NN(c2ccc(OC(F)(F)F)c(-c3ncco3)c2)C(=O)C1C(=O)Nc1cccc(-c2ccco2)c1. The number of rotatable bonds is 6. The molecule has 188 valence electrons. The van der Waals surface area contributed by atoms with Gasteiger partial charge in [0.15, 0.2) is 5.92 Å². The van der Waals surface area contributed by atoms with Crippen molar-refractivity contribution >= 4 is 28.9 Å². The van der Waals surface area contributed by atoms with Gasteiger partial charge in [-0.1, -0.05) is 12.1 Å². The van der Waals surface area contributed by atoms with Gasteiger partial charge in [-0.05, 0) is 49.4 Å². The van der Waals surface area contributed by atoms with Crippen molar-refractivity contribution in [1.82, 2.24) is 4.98 Å². The van der Waals surface area contributed by atoms with E-state index in [1.165, 1.54) is 37.8 Å². The summed E-state index contributed by atoms with van der Waals surface area (Å²) < 4.78 is 53.3. The van der Waals surface area contributed by atoms with E-state index in [1.54, 1.807) is 36.4 Å². The van der Waals surface area contributed by atoms with E-state index in [0.29, 0.717) is 11.4 Å². The molecule has 1 N–H and O–H groups in total. The van der Waals surface area contributed by atoms with Gasteiger partial charge < -0.3 is 18.9 Å². The van der Waals surface area contributed by atoms with Crippen molar-refractivity contribution < 1.29 is 36.3 Å². The van der Waals surface area contributed by atoms with E-state index in [2.05, 4.69) is 20.1 Å². The van der Waals surface area contributed by atoms with Crippen LogP contribution in [-0.2, 0) is 9.59 Å². The van der Waals surface area contributed by atoms with Crippen LogP contribution < -0.4 is 15.1 Å². The minimum Gasteiger partial charge on any atom is -0.464 e. The summed E-state index contributed by atoms with van der Waals surface area (Å²) in [7, 11) is 0. The van der Waals surface area contributed by atoms with Crippen LogP contribution in [0.5, 0.6) is 5.75 Å². The number of nitrogens with zero attached hydrogens (tertiary/aromatic N) is 3. The van der Waals surface area contributed by atoms with Gasteiger partial charge in [-0.3, -0.25) is 9.59 Å². The number of ether oxygens (including phenoxy) is 1. The zero-order valence-electron chi connectivity index (χ0n) is 19.0. The predicted molar refractivity (Wildman–Crippen MR) is 125 cm³/mol. The summed E-state index contributed by atoms with van der Waals surface area (Å²) in [6.07, 6.45) is -0.992. The average molecular weight is 510 g/mol. The van der Waals surface area contributed by atoms with Crippen molar-refractivity contribution in [3.8, 4) is 28.5 Å². The summed E-state index contributed by atoms with van der Waals surface area (Å²) >= 11 is 0. The summed E-state index contributed by atoms with van der Waals surface area (Å²) in [4.78, 5) is 30.1. The van der Waals surface area contributed by atoms with E-state index in [0.717, 1.165) is 16.6 Å². The smallest absolute Gasteiger partial charge is 0.464 e. The Kier molecular flexibility index (Phi) is 5.99. The minimum atomic E-state index is -4.96. The molecule has 1 atom stereocenters. The Balaban J connectivity index is 1.39. The lowest BCUT2D eigenvalue weighted by Gasteiger charge is -2.17. The Morgan fingerprint density at radius 3 is 2.62 bits per heavy atom. The molecule has 2 aromatic carbocycles. The standard InChI is InChI=1S/C25H17F3N4O5/c1-14-21(22(33)30-16-5-2-4-15(12-16)19-6-3-10-35-19)24(34)32(31-14)17-7-8-20(37-25(26,27)28)18(13-17)23-29-9-11-36-23/h2-13,21H,1H3,(H,30,33). The number of anilines is 2. The number of aromatic nitrogens is 1. The van der Waals surface area contributed by atoms with Gasteiger partial charge in [0.1, 0.15) is 17.8 Å². The maximum Gasteiger partial charge on any atom is 0.573 e. The molecule has 3 heterocycles. The molecule has 1 aliphatic heterocycles. The molecular weight excluding hydrogens is 493 g/mol. The molecule has 0 bridgehead atoms. The number of furan rings is 1. The normalized spacial score (nSPS) is 15.6. The third-order valence-electron chi connectivity index (χ3n) is 5.43. The fourth-order valence-electron chi connectivity index (χ4n) is 3.85. The highest BCUT2D eigenvalue weighted by atomic mass is 19.4. The number of alkyl halides is 3. The number of halogens is 3. The van der Waals surface area contributed by atoms with Gasteiger partial charge in [-0.15, -0.1) is 13.2 Å². The van der Waals surface area contributed by atoms with Gasteiger partial charge in [-0.25, -0.2) is 4.98 Å². The van der Waals surface area contributed by atoms with Crippen molar-refractivity contribution in [2.45, 2.75) is 13.3 Å². The Labute approximate surface area is 207 Å². The number of carbonyl (C=O) groups is 2. The summed E-state index contributed by atoms with van der Waals surface area (Å²) in [5.41, 5.74) is 1.33. The molecule has 0 fully saturated rings. The van der Waals surface area contributed by atoms with Crippen molar-refractivity contribution in [3.63, 3.8) is 0 Å². The molecule has 12 heteroatoms. The number of benzene rings is 2. The number of nitrogens with one attached hydrogen (secondary N) is 1. The summed E-state index contributed by atoms with van der Waals surface area (Å²) in [5.74, 6) is -2.66. The maximum atomic E-state index is 13.2. The first-order chi connectivity index (χ1) is 17.7. The molecule has 5 rings (SSSR count). The van der Waals surface area contributed by atoms with Gasteiger partial charge in [0.2, 0.25) is 11.8 Å². The zero-order valence-corrected chi connectivity index (χ0v) is 19.0. The molecule has 1 unspecified atom stereocenters. The summed E-state index contributed by atoms with van der Waals surface area (Å²) in [6.45, 7) is 1.51. The van der Waals surface area contributed by atoms with Gasteiger partial charge in [-0.2, -0.15) is 10.1 Å². The fourth-order valence-corrected chi connectivity index (χ4v) is 3.85. The highest BCUT2D eigenvalue weighted by molar-refractivity contribution is 6.28. The zero-order chi connectivity index (χ0) is 26.2. The van der Waals surface area contributed by atoms with Gasteiger partial charge >= 0.3 is 6.36 Å². The summed E-state index contributed by atoms with van der Waals surface area (Å²) in [5, 5.41) is 7.84. The number of hydrazone groups is 1. The lowest BCUT2D eigenvalue weighted by Crippen LogP contribution is -2.36. The Morgan fingerprint density at radius 1 is 1.08 bits per heavy atom. The van der Waals surface area contributed by atoms with Crippen LogP contribution in [0.4, 0.5) is 24.5 Å². The molecule has 4 aromatic rings. The first-order valence-electron chi connectivity index (χ1n) is 10.8.